The highest BCUT2D eigenvalue weighted by atomic mass is 32.1. The Hall–Kier alpha value is -0.940. The Kier molecular flexibility index (Phi) is 3.90. The van der Waals surface area contributed by atoms with Gasteiger partial charge in [-0.05, 0) is 31.4 Å². The van der Waals surface area contributed by atoms with E-state index in [-0.39, 0.29) is 9.92 Å². The smallest absolute Gasteiger partial charge is 0.312 e. The first-order valence-corrected chi connectivity index (χ1v) is 6.51. The van der Waals surface area contributed by atoms with E-state index in [0.29, 0.717) is 0 Å². The van der Waals surface area contributed by atoms with E-state index in [1.807, 2.05) is 6.07 Å². The summed E-state index contributed by atoms with van der Waals surface area (Å²) in [5, 5.41) is 14.0. The zero-order valence-electron chi connectivity index (χ0n) is 9.15. The predicted octanol–water partition coefficient (Wildman–Crippen LogP) is 2.94. The van der Waals surface area contributed by atoms with Crippen molar-refractivity contribution in [3.05, 3.63) is 27.1 Å². The van der Waals surface area contributed by atoms with Crippen LogP contribution >= 0.6 is 11.3 Å². The normalized spacial score (nSPS) is 15.2. The molecule has 1 heterocycles. The quantitative estimate of drug-likeness (QED) is 0.453. The van der Waals surface area contributed by atoms with Crippen molar-refractivity contribution in [3.8, 4) is 0 Å². The molecule has 4 nitrogen and oxygen atoms in total. The first kappa shape index (κ1) is 11.5. The van der Waals surface area contributed by atoms with Gasteiger partial charge in [-0.3, -0.25) is 10.1 Å². The lowest BCUT2D eigenvalue weighted by atomic mass is 10.2. The molecule has 0 saturated heterocycles. The summed E-state index contributed by atoms with van der Waals surface area (Å²) in [4.78, 5) is 11.2. The molecule has 1 aromatic heterocycles. The molecule has 1 aliphatic rings. The molecular formula is C11H16N2O2S. The Labute approximate surface area is 98.8 Å². The molecule has 0 atom stereocenters. The minimum atomic E-state index is -0.332. The molecule has 1 N–H and O–H groups in total. The van der Waals surface area contributed by atoms with Crippen LogP contribution in [0.15, 0.2) is 12.1 Å². The molecule has 1 aliphatic carbocycles. The highest BCUT2D eigenvalue weighted by Gasteiger charge is 2.19. The van der Waals surface area contributed by atoms with E-state index in [4.69, 9.17) is 0 Å². The molecule has 0 amide bonds. The lowest BCUT2D eigenvalue weighted by Crippen LogP contribution is -2.13. The van der Waals surface area contributed by atoms with Crippen molar-refractivity contribution >= 4 is 16.3 Å². The standard InChI is InChI=1S/C11H16N2O2S/c14-13(15)11-6-5-10(16-11)8-12-7-1-2-9-3-4-9/h5-6,9,12H,1-4,7-8H2. The van der Waals surface area contributed by atoms with Gasteiger partial charge >= 0.3 is 5.00 Å². The number of nitrogens with one attached hydrogen (secondary N) is 1. The second kappa shape index (κ2) is 5.41. The van der Waals surface area contributed by atoms with Crippen molar-refractivity contribution < 1.29 is 4.92 Å². The number of hydrogen-bond donors (Lipinski definition) is 1. The van der Waals surface area contributed by atoms with Gasteiger partial charge in [0.2, 0.25) is 0 Å². The number of rotatable bonds is 7. The van der Waals surface area contributed by atoms with Gasteiger partial charge in [-0.1, -0.05) is 24.2 Å². The lowest BCUT2D eigenvalue weighted by Gasteiger charge is -2.01. The van der Waals surface area contributed by atoms with Gasteiger partial charge in [0.25, 0.3) is 0 Å². The number of nitrogens with zero attached hydrogens (tertiary/aromatic N) is 1. The summed E-state index contributed by atoms with van der Waals surface area (Å²) >= 11 is 1.26. The van der Waals surface area contributed by atoms with Crippen molar-refractivity contribution in [3.63, 3.8) is 0 Å². The summed E-state index contributed by atoms with van der Waals surface area (Å²) < 4.78 is 0. The SMILES string of the molecule is O=[N+]([O-])c1ccc(CNCCCC2CC2)s1. The van der Waals surface area contributed by atoms with Gasteiger partial charge in [0.15, 0.2) is 0 Å². The van der Waals surface area contributed by atoms with Gasteiger partial charge in [0, 0.05) is 17.5 Å². The van der Waals surface area contributed by atoms with Crippen LogP contribution in [0.3, 0.4) is 0 Å². The van der Waals surface area contributed by atoms with E-state index in [1.54, 1.807) is 6.07 Å². The molecule has 0 aromatic carbocycles. The summed E-state index contributed by atoms with van der Waals surface area (Å²) in [7, 11) is 0. The fourth-order valence-electron chi connectivity index (χ4n) is 1.69. The maximum absolute atomic E-state index is 10.5. The molecule has 5 heteroatoms. The first-order chi connectivity index (χ1) is 7.75. The highest BCUT2D eigenvalue weighted by molar-refractivity contribution is 7.15. The molecule has 0 aliphatic heterocycles. The van der Waals surface area contributed by atoms with Crippen LogP contribution in [0.2, 0.25) is 0 Å². The minimum Gasteiger partial charge on any atom is -0.312 e. The van der Waals surface area contributed by atoms with Gasteiger partial charge < -0.3 is 5.32 Å². The van der Waals surface area contributed by atoms with E-state index in [9.17, 15) is 10.1 Å². The van der Waals surface area contributed by atoms with E-state index in [1.165, 1.54) is 37.0 Å². The number of thiophene rings is 1. The lowest BCUT2D eigenvalue weighted by molar-refractivity contribution is -0.380. The van der Waals surface area contributed by atoms with Gasteiger partial charge in [0.1, 0.15) is 0 Å². The summed E-state index contributed by atoms with van der Waals surface area (Å²) in [5.41, 5.74) is 0. The van der Waals surface area contributed by atoms with Crippen LogP contribution in [0.1, 0.15) is 30.6 Å². The second-order valence-corrected chi connectivity index (χ2v) is 5.41. The van der Waals surface area contributed by atoms with Crippen LogP contribution in [0.4, 0.5) is 5.00 Å². The van der Waals surface area contributed by atoms with Crippen LogP contribution < -0.4 is 5.32 Å². The van der Waals surface area contributed by atoms with E-state index in [0.717, 1.165) is 23.9 Å². The molecule has 1 aromatic rings. The van der Waals surface area contributed by atoms with E-state index in [2.05, 4.69) is 5.32 Å². The van der Waals surface area contributed by atoms with Crippen LogP contribution in [0, 0.1) is 16.0 Å². The van der Waals surface area contributed by atoms with Crippen molar-refractivity contribution in [2.45, 2.75) is 32.2 Å². The highest BCUT2D eigenvalue weighted by Crippen LogP contribution is 2.33. The Bertz CT molecular complexity index is 361. The van der Waals surface area contributed by atoms with Gasteiger partial charge in [-0.2, -0.15) is 0 Å². The molecule has 88 valence electrons. The third-order valence-corrected chi connectivity index (χ3v) is 3.83. The topological polar surface area (TPSA) is 55.2 Å². The Morgan fingerprint density at radius 3 is 2.94 bits per heavy atom. The zero-order chi connectivity index (χ0) is 11.4. The zero-order valence-corrected chi connectivity index (χ0v) is 9.96. The molecule has 0 radical (unpaired) electrons. The van der Waals surface area contributed by atoms with E-state index < -0.39 is 0 Å². The van der Waals surface area contributed by atoms with Crippen molar-refractivity contribution in [2.75, 3.05) is 6.54 Å². The van der Waals surface area contributed by atoms with Gasteiger partial charge in [-0.25, -0.2) is 0 Å². The average Bonchev–Trinajstić information content (AvgIpc) is 2.94. The molecule has 0 unspecified atom stereocenters. The van der Waals surface area contributed by atoms with Crippen LogP contribution in [0.25, 0.3) is 0 Å². The molecule has 0 spiro atoms. The maximum atomic E-state index is 10.5. The second-order valence-electron chi connectivity index (χ2n) is 4.26. The molecular weight excluding hydrogens is 224 g/mol. The van der Waals surface area contributed by atoms with Gasteiger partial charge in [0.05, 0.1) is 4.92 Å². The Morgan fingerprint density at radius 2 is 2.31 bits per heavy atom. The molecule has 1 saturated carbocycles. The van der Waals surface area contributed by atoms with Crippen molar-refractivity contribution in [2.24, 2.45) is 5.92 Å². The van der Waals surface area contributed by atoms with Crippen LogP contribution in [-0.4, -0.2) is 11.5 Å². The molecule has 2 rings (SSSR count). The maximum Gasteiger partial charge on any atom is 0.324 e. The Morgan fingerprint density at radius 1 is 1.50 bits per heavy atom. The number of hydrogen-bond acceptors (Lipinski definition) is 4. The third kappa shape index (κ3) is 3.57. The minimum absolute atomic E-state index is 0.231. The Balaban J connectivity index is 1.62. The molecule has 1 fully saturated rings. The summed E-state index contributed by atoms with van der Waals surface area (Å²) in [5.74, 6) is 0.990. The first-order valence-electron chi connectivity index (χ1n) is 5.69. The fraction of sp³-hybridized carbons (Fsp3) is 0.636. The van der Waals surface area contributed by atoms with E-state index >= 15 is 0 Å². The number of nitro groups is 1. The summed E-state index contributed by atoms with van der Waals surface area (Å²) in [6, 6.07) is 3.41. The average molecular weight is 240 g/mol. The van der Waals surface area contributed by atoms with Gasteiger partial charge in [-0.15, -0.1) is 0 Å². The van der Waals surface area contributed by atoms with Crippen LogP contribution in [-0.2, 0) is 6.54 Å². The largest absolute Gasteiger partial charge is 0.324 e. The summed E-state index contributed by atoms with van der Waals surface area (Å²) in [6.07, 6.45) is 5.38. The molecule has 0 bridgehead atoms. The fourth-order valence-corrected chi connectivity index (χ4v) is 2.48. The monoisotopic (exact) mass is 240 g/mol. The molecule has 16 heavy (non-hydrogen) atoms. The predicted molar refractivity (Wildman–Crippen MR) is 64.6 cm³/mol. The summed E-state index contributed by atoms with van der Waals surface area (Å²) in [6.45, 7) is 1.77. The van der Waals surface area contributed by atoms with Crippen molar-refractivity contribution in [1.82, 2.24) is 5.32 Å². The van der Waals surface area contributed by atoms with Crippen molar-refractivity contribution in [1.29, 1.82) is 0 Å². The third-order valence-electron chi connectivity index (χ3n) is 2.79. The van der Waals surface area contributed by atoms with Crippen LogP contribution in [0.5, 0.6) is 0 Å².